The highest BCUT2D eigenvalue weighted by Gasteiger charge is 2.17. The molecule has 1 N–H and O–H groups in total. The standard InChI is InChI=1S/C21H27NO4/c1-21(2,3)16-9-7-14(8-10-16)13-22-20(23)15-11-17(24-4)19(26-6)18(12-15)25-5/h7-12H,13H2,1-6H3,(H,22,23). The molecule has 0 saturated carbocycles. The Balaban J connectivity index is 2.13. The van der Waals surface area contributed by atoms with Gasteiger partial charge in [0.05, 0.1) is 21.3 Å². The zero-order valence-electron chi connectivity index (χ0n) is 16.3. The van der Waals surface area contributed by atoms with Crippen LogP contribution in [-0.2, 0) is 12.0 Å². The maximum atomic E-state index is 12.5. The largest absolute Gasteiger partial charge is 0.493 e. The van der Waals surface area contributed by atoms with E-state index in [2.05, 4.69) is 38.2 Å². The van der Waals surface area contributed by atoms with E-state index in [0.717, 1.165) is 5.56 Å². The van der Waals surface area contributed by atoms with E-state index in [0.29, 0.717) is 29.4 Å². The van der Waals surface area contributed by atoms with E-state index >= 15 is 0 Å². The van der Waals surface area contributed by atoms with Gasteiger partial charge in [0.25, 0.3) is 5.91 Å². The second-order valence-electron chi connectivity index (χ2n) is 7.04. The molecule has 5 heteroatoms. The molecule has 0 aliphatic carbocycles. The molecule has 0 fully saturated rings. The second kappa shape index (κ2) is 8.13. The lowest BCUT2D eigenvalue weighted by Gasteiger charge is -2.19. The zero-order chi connectivity index (χ0) is 19.3. The fraction of sp³-hybridized carbons (Fsp3) is 0.381. The number of amides is 1. The minimum Gasteiger partial charge on any atom is -0.493 e. The molecule has 0 aliphatic rings. The highest BCUT2D eigenvalue weighted by Crippen LogP contribution is 2.38. The molecule has 0 heterocycles. The van der Waals surface area contributed by atoms with Gasteiger partial charge >= 0.3 is 0 Å². The molecule has 0 aliphatic heterocycles. The Hall–Kier alpha value is -2.69. The molecule has 26 heavy (non-hydrogen) atoms. The minimum atomic E-state index is -0.204. The van der Waals surface area contributed by atoms with Crippen molar-refractivity contribution >= 4 is 5.91 Å². The van der Waals surface area contributed by atoms with Crippen LogP contribution in [0.25, 0.3) is 0 Å². The molecule has 2 aromatic rings. The van der Waals surface area contributed by atoms with Crippen molar-refractivity contribution in [3.8, 4) is 17.2 Å². The van der Waals surface area contributed by atoms with Gasteiger partial charge in [0.15, 0.2) is 11.5 Å². The number of hydrogen-bond donors (Lipinski definition) is 1. The van der Waals surface area contributed by atoms with Crippen LogP contribution in [-0.4, -0.2) is 27.2 Å². The Morgan fingerprint density at radius 3 is 1.88 bits per heavy atom. The Bertz CT molecular complexity index is 736. The number of ether oxygens (including phenoxy) is 3. The van der Waals surface area contributed by atoms with E-state index in [4.69, 9.17) is 14.2 Å². The number of rotatable bonds is 6. The first-order chi connectivity index (χ1) is 12.3. The van der Waals surface area contributed by atoms with Gasteiger partial charge in [0, 0.05) is 12.1 Å². The van der Waals surface area contributed by atoms with Crippen molar-refractivity contribution in [3.63, 3.8) is 0 Å². The van der Waals surface area contributed by atoms with Crippen LogP contribution in [0, 0.1) is 0 Å². The molecule has 2 aromatic carbocycles. The predicted molar refractivity (Wildman–Crippen MR) is 102 cm³/mol. The van der Waals surface area contributed by atoms with Crippen LogP contribution in [0.3, 0.4) is 0 Å². The summed E-state index contributed by atoms with van der Waals surface area (Å²) in [6.45, 7) is 6.97. The molecule has 0 saturated heterocycles. The van der Waals surface area contributed by atoms with Gasteiger partial charge in [-0.3, -0.25) is 4.79 Å². The SMILES string of the molecule is COc1cc(C(=O)NCc2ccc(C(C)(C)C)cc2)cc(OC)c1OC. The van der Waals surface area contributed by atoms with Crippen LogP contribution in [0.4, 0.5) is 0 Å². The molecule has 0 aromatic heterocycles. The molecule has 2 rings (SSSR count). The molecule has 0 atom stereocenters. The van der Waals surface area contributed by atoms with Crippen molar-refractivity contribution in [2.24, 2.45) is 0 Å². The van der Waals surface area contributed by atoms with Gasteiger partial charge in [0.1, 0.15) is 0 Å². The van der Waals surface area contributed by atoms with E-state index in [1.165, 1.54) is 26.9 Å². The van der Waals surface area contributed by atoms with Crippen molar-refractivity contribution in [2.75, 3.05) is 21.3 Å². The van der Waals surface area contributed by atoms with Crippen LogP contribution in [0.2, 0.25) is 0 Å². The summed E-state index contributed by atoms with van der Waals surface area (Å²) >= 11 is 0. The molecule has 0 radical (unpaired) electrons. The summed E-state index contributed by atoms with van der Waals surface area (Å²) < 4.78 is 15.9. The third-order valence-electron chi connectivity index (χ3n) is 4.20. The highest BCUT2D eigenvalue weighted by atomic mass is 16.5. The Kier molecular flexibility index (Phi) is 6.14. The maximum absolute atomic E-state index is 12.5. The van der Waals surface area contributed by atoms with Crippen LogP contribution in [0.5, 0.6) is 17.2 Å². The van der Waals surface area contributed by atoms with E-state index in [9.17, 15) is 4.79 Å². The van der Waals surface area contributed by atoms with Gasteiger partial charge in [-0.2, -0.15) is 0 Å². The first kappa shape index (κ1) is 19.6. The van der Waals surface area contributed by atoms with Crippen LogP contribution in [0.1, 0.15) is 42.3 Å². The Labute approximate surface area is 155 Å². The van der Waals surface area contributed by atoms with Crippen molar-refractivity contribution in [1.82, 2.24) is 5.32 Å². The number of nitrogens with one attached hydrogen (secondary N) is 1. The lowest BCUT2D eigenvalue weighted by atomic mass is 9.87. The van der Waals surface area contributed by atoms with Gasteiger partial charge in [-0.1, -0.05) is 45.0 Å². The van der Waals surface area contributed by atoms with Gasteiger partial charge in [0.2, 0.25) is 5.75 Å². The minimum absolute atomic E-state index is 0.109. The summed E-state index contributed by atoms with van der Waals surface area (Å²) in [6.07, 6.45) is 0. The second-order valence-corrected chi connectivity index (χ2v) is 7.04. The van der Waals surface area contributed by atoms with Crippen molar-refractivity contribution < 1.29 is 19.0 Å². The highest BCUT2D eigenvalue weighted by molar-refractivity contribution is 5.95. The van der Waals surface area contributed by atoms with Gasteiger partial charge in [-0.15, -0.1) is 0 Å². The van der Waals surface area contributed by atoms with Crippen LogP contribution >= 0.6 is 0 Å². The number of carbonyl (C=O) groups is 1. The Morgan fingerprint density at radius 1 is 0.923 bits per heavy atom. The van der Waals surface area contributed by atoms with Crippen LogP contribution < -0.4 is 19.5 Å². The summed E-state index contributed by atoms with van der Waals surface area (Å²) in [4.78, 5) is 12.5. The first-order valence-electron chi connectivity index (χ1n) is 8.47. The lowest BCUT2D eigenvalue weighted by Crippen LogP contribution is -2.23. The smallest absolute Gasteiger partial charge is 0.251 e. The third-order valence-corrected chi connectivity index (χ3v) is 4.20. The average molecular weight is 357 g/mol. The number of hydrogen-bond acceptors (Lipinski definition) is 4. The quantitative estimate of drug-likeness (QED) is 0.851. The molecule has 0 spiro atoms. The van der Waals surface area contributed by atoms with Crippen molar-refractivity contribution in [2.45, 2.75) is 32.7 Å². The molecular weight excluding hydrogens is 330 g/mol. The molecule has 5 nitrogen and oxygen atoms in total. The molecule has 140 valence electrons. The summed E-state index contributed by atoms with van der Waals surface area (Å²) in [5.74, 6) is 1.16. The fourth-order valence-electron chi connectivity index (χ4n) is 2.62. The monoisotopic (exact) mass is 357 g/mol. The summed E-state index contributed by atoms with van der Waals surface area (Å²) in [5, 5.41) is 2.92. The topological polar surface area (TPSA) is 56.8 Å². The van der Waals surface area contributed by atoms with Crippen molar-refractivity contribution in [1.29, 1.82) is 0 Å². The average Bonchev–Trinajstić information content (AvgIpc) is 2.64. The lowest BCUT2D eigenvalue weighted by molar-refractivity contribution is 0.0950. The number of carbonyl (C=O) groups excluding carboxylic acids is 1. The van der Waals surface area contributed by atoms with E-state index in [1.807, 2.05) is 12.1 Å². The number of benzene rings is 2. The van der Waals surface area contributed by atoms with Gasteiger partial charge in [-0.25, -0.2) is 0 Å². The van der Waals surface area contributed by atoms with E-state index in [-0.39, 0.29) is 11.3 Å². The maximum Gasteiger partial charge on any atom is 0.251 e. The predicted octanol–water partition coefficient (Wildman–Crippen LogP) is 3.94. The normalized spacial score (nSPS) is 11.0. The number of methoxy groups -OCH3 is 3. The van der Waals surface area contributed by atoms with E-state index in [1.54, 1.807) is 12.1 Å². The molecule has 0 unspecified atom stereocenters. The molecule has 1 amide bonds. The fourth-order valence-corrected chi connectivity index (χ4v) is 2.62. The summed E-state index contributed by atoms with van der Waals surface area (Å²) in [5.41, 5.74) is 2.86. The van der Waals surface area contributed by atoms with Gasteiger partial charge < -0.3 is 19.5 Å². The molecule has 0 bridgehead atoms. The van der Waals surface area contributed by atoms with Crippen molar-refractivity contribution in [3.05, 3.63) is 53.1 Å². The summed E-state index contributed by atoms with van der Waals surface area (Å²) in [6, 6.07) is 11.5. The zero-order valence-corrected chi connectivity index (χ0v) is 16.3. The molecular formula is C21H27NO4. The van der Waals surface area contributed by atoms with Gasteiger partial charge in [-0.05, 0) is 28.7 Å². The first-order valence-corrected chi connectivity index (χ1v) is 8.47. The third kappa shape index (κ3) is 4.48. The summed E-state index contributed by atoms with van der Waals surface area (Å²) in [7, 11) is 4.58. The Morgan fingerprint density at radius 2 is 1.46 bits per heavy atom. The van der Waals surface area contributed by atoms with Crippen LogP contribution in [0.15, 0.2) is 36.4 Å². The van der Waals surface area contributed by atoms with E-state index < -0.39 is 0 Å².